The lowest BCUT2D eigenvalue weighted by molar-refractivity contribution is -0.123. The minimum absolute atomic E-state index is 0.111. The lowest BCUT2D eigenvalue weighted by Gasteiger charge is -2.32. The van der Waals surface area contributed by atoms with Crippen LogP contribution in [-0.4, -0.2) is 44.8 Å². The van der Waals surface area contributed by atoms with Gasteiger partial charge in [0.05, 0.1) is 11.7 Å². The normalized spacial score (nSPS) is 16.1. The number of aromatic nitrogens is 3. The summed E-state index contributed by atoms with van der Waals surface area (Å²) in [6, 6.07) is 14.1. The summed E-state index contributed by atoms with van der Waals surface area (Å²) in [5.74, 6) is 0.102. The van der Waals surface area contributed by atoms with Gasteiger partial charge in [-0.25, -0.2) is 9.07 Å². The van der Waals surface area contributed by atoms with Gasteiger partial charge < -0.3 is 9.88 Å². The predicted molar refractivity (Wildman–Crippen MR) is 135 cm³/mol. The molecule has 1 N–H and O–H groups in total. The van der Waals surface area contributed by atoms with Crippen LogP contribution >= 0.6 is 0 Å². The molecule has 2 aromatic heterocycles. The minimum Gasteiger partial charge on any atom is -0.354 e. The number of rotatable bonds is 6. The molecule has 3 heterocycles. The molecule has 0 aliphatic carbocycles. The predicted octanol–water partition coefficient (Wildman–Crippen LogP) is 3.62. The summed E-state index contributed by atoms with van der Waals surface area (Å²) in [5, 5.41) is 8.96. The fourth-order valence-electron chi connectivity index (χ4n) is 5.12. The van der Waals surface area contributed by atoms with E-state index in [0.29, 0.717) is 24.5 Å². The molecule has 35 heavy (non-hydrogen) atoms. The van der Waals surface area contributed by atoms with Crippen LogP contribution in [0.25, 0.3) is 21.8 Å². The number of carbonyl (C=O) groups excluding carboxylic acids is 1. The zero-order valence-corrected chi connectivity index (χ0v) is 20.1. The maximum atomic E-state index is 14.0. The van der Waals surface area contributed by atoms with E-state index in [-0.39, 0.29) is 17.3 Å². The van der Waals surface area contributed by atoms with Gasteiger partial charge in [0.25, 0.3) is 5.56 Å². The first kappa shape index (κ1) is 23.2. The van der Waals surface area contributed by atoms with Crippen molar-refractivity contribution < 1.29 is 9.18 Å². The number of halogens is 1. The highest BCUT2D eigenvalue weighted by atomic mass is 19.1. The molecule has 7 nitrogen and oxygen atoms in total. The lowest BCUT2D eigenvalue weighted by atomic mass is 9.96. The lowest BCUT2D eigenvalue weighted by Crippen LogP contribution is -2.40. The Morgan fingerprint density at radius 2 is 1.83 bits per heavy atom. The first-order valence-corrected chi connectivity index (χ1v) is 12.1. The summed E-state index contributed by atoms with van der Waals surface area (Å²) in [6.45, 7) is 4.78. The van der Waals surface area contributed by atoms with E-state index in [2.05, 4.69) is 15.3 Å². The van der Waals surface area contributed by atoms with Crippen molar-refractivity contribution in [2.24, 2.45) is 13.0 Å². The first-order valence-electron chi connectivity index (χ1n) is 12.1. The Morgan fingerprint density at radius 1 is 1.11 bits per heavy atom. The minimum atomic E-state index is -0.548. The van der Waals surface area contributed by atoms with Crippen LogP contribution < -0.4 is 10.9 Å². The number of nitrogens with zero attached hydrogens (tertiary/aromatic N) is 4. The number of likely N-dealkylation sites (tertiary alicyclic amines) is 1. The Morgan fingerprint density at radius 3 is 2.60 bits per heavy atom. The number of hydrogen-bond acceptors (Lipinski definition) is 4. The van der Waals surface area contributed by atoms with Crippen molar-refractivity contribution in [1.82, 2.24) is 24.6 Å². The van der Waals surface area contributed by atoms with Gasteiger partial charge >= 0.3 is 0 Å². The smallest absolute Gasteiger partial charge is 0.291 e. The van der Waals surface area contributed by atoms with E-state index >= 15 is 0 Å². The Bertz CT molecular complexity index is 1430. The van der Waals surface area contributed by atoms with Crippen LogP contribution in [-0.2, 0) is 18.4 Å². The summed E-state index contributed by atoms with van der Waals surface area (Å²) < 4.78 is 17.1. The van der Waals surface area contributed by atoms with Crippen molar-refractivity contribution in [1.29, 1.82) is 0 Å². The van der Waals surface area contributed by atoms with Gasteiger partial charge in [0.15, 0.2) is 0 Å². The van der Waals surface area contributed by atoms with Gasteiger partial charge in [-0.05, 0) is 50.9 Å². The topological polar surface area (TPSA) is 72.2 Å². The number of aryl methyl sites for hydroxylation is 1. The maximum absolute atomic E-state index is 14.0. The molecule has 1 fully saturated rings. The Kier molecular flexibility index (Phi) is 6.38. The fourth-order valence-corrected chi connectivity index (χ4v) is 5.12. The average molecular weight is 476 g/mol. The molecule has 0 spiro atoms. The number of nitrogens with one attached hydrogen (secondary N) is 1. The van der Waals surface area contributed by atoms with Gasteiger partial charge in [-0.15, -0.1) is 0 Å². The first-order chi connectivity index (χ1) is 16.9. The van der Waals surface area contributed by atoms with Gasteiger partial charge in [0, 0.05) is 36.5 Å². The number of piperidine rings is 1. The SMILES string of the molecule is C[C@@H](C(=O)NCC1CCN(Cc2ccccc2F)CC1)n1c2ccccc2c2cnn(C)c(=O)c21. The molecule has 1 saturated heterocycles. The van der Waals surface area contributed by atoms with Gasteiger partial charge in [-0.2, -0.15) is 5.10 Å². The van der Waals surface area contributed by atoms with Gasteiger partial charge in [-0.1, -0.05) is 36.4 Å². The highest BCUT2D eigenvalue weighted by molar-refractivity contribution is 6.08. The third-order valence-electron chi connectivity index (χ3n) is 7.20. The van der Waals surface area contributed by atoms with Crippen LogP contribution in [0.3, 0.4) is 0 Å². The summed E-state index contributed by atoms with van der Waals surface area (Å²) >= 11 is 0. The summed E-state index contributed by atoms with van der Waals surface area (Å²) in [7, 11) is 1.62. The molecule has 5 rings (SSSR count). The molecular formula is C27H30FN5O2. The monoisotopic (exact) mass is 475 g/mol. The van der Waals surface area contributed by atoms with Crippen LogP contribution in [0.1, 0.15) is 31.4 Å². The number of benzene rings is 2. The van der Waals surface area contributed by atoms with E-state index in [1.165, 1.54) is 10.7 Å². The number of hydrogen-bond donors (Lipinski definition) is 1. The third-order valence-corrected chi connectivity index (χ3v) is 7.20. The molecule has 0 radical (unpaired) electrons. The second-order valence-corrected chi connectivity index (χ2v) is 9.45. The molecule has 0 saturated carbocycles. The molecule has 0 bridgehead atoms. The van der Waals surface area contributed by atoms with Crippen LogP contribution in [0.2, 0.25) is 0 Å². The van der Waals surface area contributed by atoms with Crippen LogP contribution in [0.15, 0.2) is 59.5 Å². The summed E-state index contributed by atoms with van der Waals surface area (Å²) in [4.78, 5) is 28.4. The molecule has 1 aliphatic heterocycles. The second kappa shape index (κ2) is 9.62. The van der Waals surface area contributed by atoms with Crippen molar-refractivity contribution in [3.05, 3.63) is 76.5 Å². The van der Waals surface area contributed by atoms with Crippen molar-refractivity contribution in [3.8, 4) is 0 Å². The largest absolute Gasteiger partial charge is 0.354 e. The second-order valence-electron chi connectivity index (χ2n) is 9.45. The van der Waals surface area contributed by atoms with E-state index in [1.54, 1.807) is 19.3 Å². The van der Waals surface area contributed by atoms with E-state index in [9.17, 15) is 14.0 Å². The third kappa shape index (κ3) is 4.46. The Labute approximate surface area is 203 Å². The molecule has 0 unspecified atom stereocenters. The van der Waals surface area contributed by atoms with Gasteiger partial charge in [-0.3, -0.25) is 14.5 Å². The quantitative estimate of drug-likeness (QED) is 0.462. The highest BCUT2D eigenvalue weighted by Crippen LogP contribution is 2.29. The standard InChI is InChI=1S/C27H30FN5O2/c1-18(33-24-10-6-4-8-21(24)22-16-30-31(2)27(35)25(22)33)26(34)29-15-19-11-13-32(14-12-19)17-20-7-3-5-9-23(20)28/h3-10,16,18-19H,11-15,17H2,1-2H3,(H,29,34)/t18-/m0/s1. The van der Waals surface area contributed by atoms with Crippen LogP contribution in [0.4, 0.5) is 4.39 Å². The number of fused-ring (bicyclic) bond motifs is 3. The van der Waals surface area contributed by atoms with Crippen LogP contribution in [0, 0.1) is 11.7 Å². The number of amides is 1. The fraction of sp³-hybridized carbons (Fsp3) is 0.370. The van der Waals surface area contributed by atoms with Crippen molar-refractivity contribution in [2.45, 2.75) is 32.4 Å². The summed E-state index contributed by atoms with van der Waals surface area (Å²) in [5.41, 5.74) is 1.84. The zero-order valence-electron chi connectivity index (χ0n) is 20.1. The molecule has 1 amide bonds. The van der Waals surface area contributed by atoms with E-state index < -0.39 is 6.04 Å². The zero-order chi connectivity index (χ0) is 24.5. The van der Waals surface area contributed by atoms with Crippen molar-refractivity contribution in [3.63, 3.8) is 0 Å². The van der Waals surface area contributed by atoms with Crippen molar-refractivity contribution >= 4 is 27.7 Å². The van der Waals surface area contributed by atoms with E-state index in [4.69, 9.17) is 0 Å². The van der Waals surface area contributed by atoms with Gasteiger partial charge in [0.1, 0.15) is 17.4 Å². The summed E-state index contributed by atoms with van der Waals surface area (Å²) in [6.07, 6.45) is 3.59. The maximum Gasteiger partial charge on any atom is 0.291 e. The molecular weight excluding hydrogens is 445 g/mol. The van der Waals surface area contributed by atoms with Gasteiger partial charge in [0.2, 0.25) is 5.91 Å². The van der Waals surface area contributed by atoms with E-state index in [0.717, 1.165) is 47.8 Å². The Hall–Kier alpha value is -3.52. The molecule has 4 aromatic rings. The van der Waals surface area contributed by atoms with E-state index in [1.807, 2.05) is 47.9 Å². The van der Waals surface area contributed by atoms with Crippen LogP contribution in [0.5, 0.6) is 0 Å². The average Bonchev–Trinajstić information content (AvgIpc) is 3.21. The molecule has 1 atom stereocenters. The Balaban J connectivity index is 1.26. The molecule has 2 aromatic carbocycles. The van der Waals surface area contributed by atoms with Crippen molar-refractivity contribution in [2.75, 3.05) is 19.6 Å². The molecule has 8 heteroatoms. The molecule has 182 valence electrons. The number of carbonyl (C=O) groups is 1. The highest BCUT2D eigenvalue weighted by Gasteiger charge is 2.25. The molecule has 1 aliphatic rings. The number of para-hydroxylation sites is 1.